The van der Waals surface area contributed by atoms with E-state index in [2.05, 4.69) is 15.9 Å². The molecule has 1 atom stereocenters. The van der Waals surface area contributed by atoms with E-state index in [-0.39, 0.29) is 5.56 Å². The highest BCUT2D eigenvalue weighted by Gasteiger charge is 2.68. The molecule has 1 aliphatic rings. The zero-order chi connectivity index (χ0) is 17.0. The third-order valence-electron chi connectivity index (χ3n) is 3.67. The highest BCUT2D eigenvalue weighted by atomic mass is 79.9. The molecule has 0 spiro atoms. The normalized spacial score (nSPS) is 21.5. The van der Waals surface area contributed by atoms with Gasteiger partial charge in [-0.25, -0.2) is 21.2 Å². The summed E-state index contributed by atoms with van der Waals surface area (Å²) in [7, 11) is -9.85. The number of hydrogen-bond acceptors (Lipinski definition) is 5. The standard InChI is InChI=1S/C14H10BrFO5S2/c15-10-7-5-9(6-8-10)13(17)14(16)22(18,19)11-3-1-2-4-12(11)23(14,20)21/h1-8,13,17H. The molecule has 23 heavy (non-hydrogen) atoms. The van der Waals surface area contributed by atoms with E-state index in [9.17, 15) is 21.9 Å². The van der Waals surface area contributed by atoms with Gasteiger partial charge in [0.05, 0.1) is 9.79 Å². The van der Waals surface area contributed by atoms with Gasteiger partial charge in [-0.2, -0.15) is 0 Å². The Hall–Kier alpha value is -1.29. The zero-order valence-electron chi connectivity index (χ0n) is 11.3. The van der Waals surface area contributed by atoms with E-state index in [4.69, 9.17) is 0 Å². The van der Waals surface area contributed by atoms with Crippen LogP contribution in [0.2, 0.25) is 0 Å². The van der Waals surface area contributed by atoms with E-state index in [1.807, 2.05) is 0 Å². The van der Waals surface area contributed by atoms with E-state index in [1.54, 1.807) is 0 Å². The molecular formula is C14H10BrFO5S2. The number of alkyl halides is 1. The van der Waals surface area contributed by atoms with Crippen molar-refractivity contribution in [3.63, 3.8) is 0 Å². The van der Waals surface area contributed by atoms with Crippen molar-refractivity contribution in [1.82, 2.24) is 0 Å². The van der Waals surface area contributed by atoms with Crippen LogP contribution in [0.15, 0.2) is 62.8 Å². The molecule has 0 fully saturated rings. The maximum atomic E-state index is 15.4. The van der Waals surface area contributed by atoms with Crippen molar-refractivity contribution in [1.29, 1.82) is 0 Å². The molecule has 0 amide bonds. The molecule has 0 aliphatic carbocycles. The van der Waals surface area contributed by atoms with Gasteiger partial charge in [0.1, 0.15) is 6.10 Å². The van der Waals surface area contributed by atoms with Crippen molar-refractivity contribution in [2.24, 2.45) is 0 Å². The van der Waals surface area contributed by atoms with E-state index in [0.717, 1.165) is 12.1 Å². The molecule has 0 saturated carbocycles. The number of sulfone groups is 2. The van der Waals surface area contributed by atoms with Gasteiger partial charge in [-0.05, 0) is 29.8 Å². The van der Waals surface area contributed by atoms with Gasteiger partial charge < -0.3 is 5.11 Å². The fourth-order valence-corrected chi connectivity index (χ4v) is 7.73. The Balaban J connectivity index is 2.28. The van der Waals surface area contributed by atoms with Crippen LogP contribution < -0.4 is 0 Å². The monoisotopic (exact) mass is 420 g/mol. The van der Waals surface area contributed by atoms with Crippen LogP contribution in [0.1, 0.15) is 11.7 Å². The molecule has 1 heterocycles. The highest BCUT2D eigenvalue weighted by Crippen LogP contribution is 2.52. The van der Waals surface area contributed by atoms with Gasteiger partial charge in [-0.1, -0.05) is 40.2 Å². The number of benzene rings is 2. The maximum Gasteiger partial charge on any atom is 0.346 e. The number of halogens is 2. The molecule has 0 radical (unpaired) electrons. The highest BCUT2D eigenvalue weighted by molar-refractivity contribution is 9.10. The molecule has 9 heteroatoms. The van der Waals surface area contributed by atoms with Crippen molar-refractivity contribution in [2.75, 3.05) is 0 Å². The first-order valence-corrected chi connectivity index (χ1v) is 10.1. The van der Waals surface area contributed by atoms with Crippen molar-refractivity contribution in [2.45, 2.75) is 20.2 Å². The van der Waals surface area contributed by atoms with Gasteiger partial charge >= 0.3 is 4.33 Å². The third kappa shape index (κ3) is 2.03. The molecule has 2 aromatic carbocycles. The van der Waals surface area contributed by atoms with Crippen LogP contribution in [0.25, 0.3) is 0 Å². The number of fused-ring (bicyclic) bond motifs is 1. The van der Waals surface area contributed by atoms with Crippen LogP contribution in [0.4, 0.5) is 4.39 Å². The minimum Gasteiger partial charge on any atom is -0.383 e. The second-order valence-corrected chi connectivity index (χ2v) is 10.2. The summed E-state index contributed by atoms with van der Waals surface area (Å²) in [4.78, 5) is -1.28. The summed E-state index contributed by atoms with van der Waals surface area (Å²) in [5, 5.41) is 10.3. The van der Waals surface area contributed by atoms with Gasteiger partial charge in [0.15, 0.2) is 0 Å². The molecule has 1 N–H and O–H groups in total. The average molecular weight is 421 g/mol. The first-order valence-electron chi connectivity index (χ1n) is 6.35. The van der Waals surface area contributed by atoms with Gasteiger partial charge in [-0.15, -0.1) is 0 Å². The van der Waals surface area contributed by atoms with Crippen LogP contribution >= 0.6 is 15.9 Å². The van der Waals surface area contributed by atoms with Gasteiger partial charge in [0.25, 0.3) is 0 Å². The Bertz CT molecular complexity index is 931. The lowest BCUT2D eigenvalue weighted by Gasteiger charge is -2.24. The Kier molecular flexibility index (Phi) is 3.67. The van der Waals surface area contributed by atoms with Crippen molar-refractivity contribution >= 4 is 35.6 Å². The largest absolute Gasteiger partial charge is 0.383 e. The molecule has 0 aromatic heterocycles. The Labute approximate surface area is 140 Å². The predicted molar refractivity (Wildman–Crippen MR) is 83.8 cm³/mol. The molecule has 1 aliphatic heterocycles. The minimum absolute atomic E-state index is 0.157. The number of aliphatic hydroxyl groups is 1. The number of rotatable bonds is 2. The number of aliphatic hydroxyl groups excluding tert-OH is 1. The molecule has 3 rings (SSSR count). The second kappa shape index (κ2) is 5.10. The summed E-state index contributed by atoms with van der Waals surface area (Å²) in [6.45, 7) is 0. The first-order chi connectivity index (χ1) is 10.6. The van der Waals surface area contributed by atoms with Crippen LogP contribution in [-0.2, 0) is 19.7 Å². The lowest BCUT2D eigenvalue weighted by Crippen LogP contribution is -2.42. The SMILES string of the molecule is O=S1(=O)c2ccccc2S(=O)(=O)C1(F)C(O)c1ccc(Br)cc1. The predicted octanol–water partition coefficient (Wildman–Crippen LogP) is 2.37. The summed E-state index contributed by atoms with van der Waals surface area (Å²) < 4.78 is 62.1. The number of hydrogen-bond donors (Lipinski definition) is 1. The maximum absolute atomic E-state index is 15.4. The minimum atomic E-state index is -4.93. The smallest absolute Gasteiger partial charge is 0.346 e. The molecule has 0 bridgehead atoms. The van der Waals surface area contributed by atoms with Crippen LogP contribution in [-0.4, -0.2) is 26.3 Å². The van der Waals surface area contributed by atoms with Crippen LogP contribution in [0, 0.1) is 0 Å². The van der Waals surface area contributed by atoms with Gasteiger partial charge in [0, 0.05) is 4.47 Å². The topological polar surface area (TPSA) is 88.5 Å². The van der Waals surface area contributed by atoms with Crippen molar-refractivity contribution in [3.05, 3.63) is 58.6 Å². The summed E-state index contributed by atoms with van der Waals surface area (Å²) in [6.07, 6.45) is -2.38. The zero-order valence-corrected chi connectivity index (χ0v) is 14.6. The third-order valence-corrected chi connectivity index (χ3v) is 9.43. The molecule has 2 aromatic rings. The average Bonchev–Trinajstić information content (AvgIpc) is 2.65. The molecule has 5 nitrogen and oxygen atoms in total. The van der Waals surface area contributed by atoms with E-state index < -0.39 is 39.9 Å². The van der Waals surface area contributed by atoms with Crippen molar-refractivity contribution < 1.29 is 26.3 Å². The van der Waals surface area contributed by atoms with Crippen LogP contribution in [0.3, 0.4) is 0 Å². The lowest BCUT2D eigenvalue weighted by molar-refractivity contribution is 0.0958. The molecule has 1 unspecified atom stereocenters. The summed E-state index contributed by atoms with van der Waals surface area (Å²) in [5.41, 5.74) is -0.157. The quantitative estimate of drug-likeness (QED) is 0.805. The summed E-state index contributed by atoms with van der Waals surface area (Å²) >= 11 is 3.15. The summed E-state index contributed by atoms with van der Waals surface area (Å²) in [6, 6.07) is 10.0. The fourth-order valence-electron chi connectivity index (χ4n) is 2.48. The Morgan fingerprint density at radius 3 is 1.78 bits per heavy atom. The summed E-state index contributed by atoms with van der Waals surface area (Å²) in [5.74, 6) is 0. The molecule has 122 valence electrons. The van der Waals surface area contributed by atoms with E-state index in [0.29, 0.717) is 4.47 Å². The Morgan fingerprint density at radius 1 is 0.913 bits per heavy atom. The molecular weight excluding hydrogens is 411 g/mol. The van der Waals surface area contributed by atoms with E-state index >= 15 is 4.39 Å². The fraction of sp³-hybridized carbons (Fsp3) is 0.143. The van der Waals surface area contributed by atoms with Gasteiger partial charge in [-0.3, -0.25) is 0 Å². The second-order valence-electron chi connectivity index (χ2n) is 4.99. The van der Waals surface area contributed by atoms with Crippen molar-refractivity contribution in [3.8, 4) is 0 Å². The Morgan fingerprint density at radius 2 is 1.35 bits per heavy atom. The van der Waals surface area contributed by atoms with Crippen LogP contribution in [0.5, 0.6) is 0 Å². The first kappa shape index (κ1) is 16.6. The lowest BCUT2D eigenvalue weighted by atomic mass is 10.1. The molecule has 0 saturated heterocycles. The van der Waals surface area contributed by atoms with E-state index in [1.165, 1.54) is 36.4 Å². The van der Waals surface area contributed by atoms with Gasteiger partial charge in [0.2, 0.25) is 19.7 Å².